The van der Waals surface area contributed by atoms with Gasteiger partial charge in [0.2, 0.25) is 5.95 Å². The van der Waals surface area contributed by atoms with Gasteiger partial charge in [-0.25, -0.2) is 4.98 Å². The second kappa shape index (κ2) is 13.1. The summed E-state index contributed by atoms with van der Waals surface area (Å²) in [5, 5.41) is 7.49. The summed E-state index contributed by atoms with van der Waals surface area (Å²) in [6.07, 6.45) is 0. The van der Waals surface area contributed by atoms with Gasteiger partial charge in [0, 0.05) is 26.4 Å². The lowest BCUT2D eigenvalue weighted by atomic mass is 10.2. The first-order valence-electron chi connectivity index (χ1n) is 17.0. The number of halogens is 1. The van der Waals surface area contributed by atoms with Gasteiger partial charge in [-0.2, -0.15) is 9.97 Å². The van der Waals surface area contributed by atoms with Crippen LogP contribution in [0.3, 0.4) is 0 Å². The van der Waals surface area contributed by atoms with Crippen molar-refractivity contribution in [1.82, 2.24) is 19.5 Å². The van der Waals surface area contributed by atoms with Gasteiger partial charge in [0.05, 0.1) is 11.0 Å². The maximum absolute atomic E-state index is 5.27. The molecule has 4 nitrogen and oxygen atoms in total. The van der Waals surface area contributed by atoms with Crippen molar-refractivity contribution in [3.8, 4) is 28.7 Å². The Morgan fingerprint density at radius 1 is 0.392 bits per heavy atom. The van der Waals surface area contributed by atoms with Crippen molar-refractivity contribution in [2.75, 3.05) is 0 Å². The highest BCUT2D eigenvalue weighted by Gasteiger charge is 2.41. The molecule has 0 radical (unpaired) electrons. The van der Waals surface area contributed by atoms with Gasteiger partial charge in [-0.15, -0.1) is 0 Å². The number of aromatic nitrogens is 4. The van der Waals surface area contributed by atoms with E-state index in [0.29, 0.717) is 17.6 Å². The van der Waals surface area contributed by atoms with E-state index in [2.05, 4.69) is 190 Å². The molecule has 0 spiro atoms. The van der Waals surface area contributed by atoms with Crippen LogP contribution in [0.15, 0.2) is 193 Å². The molecule has 0 bridgehead atoms. The van der Waals surface area contributed by atoms with Crippen LogP contribution >= 0.6 is 15.9 Å². The van der Waals surface area contributed by atoms with Gasteiger partial charge in [-0.05, 0) is 45.0 Å². The molecule has 0 N–H and O–H groups in total. The fraction of sp³-hybridized carbons (Fsp3) is 0. The van der Waals surface area contributed by atoms with Gasteiger partial charge >= 0.3 is 0 Å². The molecule has 9 rings (SSSR count). The number of para-hydroxylation sites is 2. The third kappa shape index (κ3) is 5.40. The molecule has 0 aliphatic heterocycles. The summed E-state index contributed by atoms with van der Waals surface area (Å²) in [5.41, 5.74) is 3.98. The summed E-state index contributed by atoms with van der Waals surface area (Å²) < 4.78 is 3.22. The maximum Gasteiger partial charge on any atom is 0.238 e. The van der Waals surface area contributed by atoms with Crippen LogP contribution in [0, 0.1) is 0 Å². The van der Waals surface area contributed by atoms with Crippen molar-refractivity contribution in [3.05, 3.63) is 193 Å². The molecule has 9 aromatic rings. The zero-order valence-electron chi connectivity index (χ0n) is 27.6. The van der Waals surface area contributed by atoms with Crippen LogP contribution < -0.4 is 20.7 Å². The van der Waals surface area contributed by atoms with E-state index in [1.165, 1.54) is 20.7 Å². The summed E-state index contributed by atoms with van der Waals surface area (Å²) in [5.74, 6) is 1.84. The van der Waals surface area contributed by atoms with E-state index in [1.54, 1.807) is 0 Å². The van der Waals surface area contributed by atoms with Crippen molar-refractivity contribution in [3.63, 3.8) is 0 Å². The Labute approximate surface area is 305 Å². The van der Waals surface area contributed by atoms with E-state index < -0.39 is 8.07 Å². The zero-order chi connectivity index (χ0) is 34.2. The Bertz CT molecular complexity index is 2550. The molecule has 0 unspecified atom stereocenters. The molecule has 0 amide bonds. The lowest BCUT2D eigenvalue weighted by Gasteiger charge is -2.34. The number of rotatable bonds is 7. The number of fused-ring (bicyclic) bond motifs is 3. The van der Waals surface area contributed by atoms with E-state index in [1.807, 2.05) is 18.2 Å². The van der Waals surface area contributed by atoms with Gasteiger partial charge in [-0.3, -0.25) is 4.57 Å². The Kier molecular flexibility index (Phi) is 7.95. The minimum atomic E-state index is -2.80. The van der Waals surface area contributed by atoms with Crippen molar-refractivity contribution >= 4 is 66.6 Å². The van der Waals surface area contributed by atoms with Crippen LogP contribution in [0.4, 0.5) is 0 Å². The fourth-order valence-electron chi connectivity index (χ4n) is 7.42. The first kappa shape index (κ1) is 31.1. The van der Waals surface area contributed by atoms with Crippen molar-refractivity contribution in [1.29, 1.82) is 0 Å². The SMILES string of the molecule is Brc1ccc([Si](c2ccccc2)(c2ccccc2)c2cccc(-c3nc(-c4ccccc4)nc(-n4c5ccccc5c5ccccc54)n3)c2)cc1. The van der Waals surface area contributed by atoms with Gasteiger partial charge in [0.25, 0.3) is 0 Å². The first-order chi connectivity index (χ1) is 25.2. The number of hydrogen-bond acceptors (Lipinski definition) is 3. The normalized spacial score (nSPS) is 11.6. The summed E-state index contributed by atoms with van der Waals surface area (Å²) >= 11 is 3.69. The molecule has 0 aliphatic carbocycles. The highest BCUT2D eigenvalue weighted by molar-refractivity contribution is 9.10. The van der Waals surface area contributed by atoms with Crippen LogP contribution in [-0.2, 0) is 0 Å². The van der Waals surface area contributed by atoms with Crippen LogP contribution in [-0.4, -0.2) is 27.6 Å². The van der Waals surface area contributed by atoms with Crippen LogP contribution in [0.2, 0.25) is 0 Å². The average Bonchev–Trinajstić information content (AvgIpc) is 3.54. The maximum atomic E-state index is 5.27. The average molecular weight is 736 g/mol. The van der Waals surface area contributed by atoms with Gasteiger partial charge in [0.1, 0.15) is 0 Å². The molecule has 51 heavy (non-hydrogen) atoms. The van der Waals surface area contributed by atoms with Gasteiger partial charge < -0.3 is 0 Å². The Hall–Kier alpha value is -5.95. The topological polar surface area (TPSA) is 43.6 Å². The monoisotopic (exact) mass is 734 g/mol. The standard InChI is InChI=1S/C45H31BrN4Si/c46-34-27-29-37(30-28-34)51(35-18-6-2-7-19-35,36-20-8-3-9-21-36)38-22-14-17-33(31-38)44-47-43(32-15-4-1-5-16-32)48-45(49-44)50-41-25-12-10-23-39(41)40-24-11-13-26-42(40)50/h1-31H. The fourth-order valence-corrected chi connectivity index (χ4v) is 12.5. The highest BCUT2D eigenvalue weighted by Crippen LogP contribution is 2.32. The summed E-state index contributed by atoms with van der Waals surface area (Å²) in [4.78, 5) is 15.6. The molecule has 7 aromatic carbocycles. The van der Waals surface area contributed by atoms with E-state index in [4.69, 9.17) is 15.0 Å². The lowest BCUT2D eigenvalue weighted by molar-refractivity contribution is 0.953. The molecular weight excluding hydrogens is 705 g/mol. The minimum absolute atomic E-state index is 0.587. The van der Waals surface area contributed by atoms with E-state index in [0.717, 1.165) is 37.4 Å². The third-order valence-corrected chi connectivity index (χ3v) is 15.0. The first-order valence-corrected chi connectivity index (χ1v) is 19.8. The molecule has 0 atom stereocenters. The summed E-state index contributed by atoms with van der Waals surface area (Å²) in [7, 11) is -2.80. The van der Waals surface area contributed by atoms with Crippen LogP contribution in [0.25, 0.3) is 50.5 Å². The van der Waals surface area contributed by atoms with E-state index in [-0.39, 0.29) is 0 Å². The number of nitrogens with zero attached hydrogens (tertiary/aromatic N) is 4. The lowest BCUT2D eigenvalue weighted by Crippen LogP contribution is -2.74. The van der Waals surface area contributed by atoms with Crippen LogP contribution in [0.5, 0.6) is 0 Å². The largest absolute Gasteiger partial charge is 0.278 e. The van der Waals surface area contributed by atoms with Crippen LogP contribution in [0.1, 0.15) is 0 Å². The van der Waals surface area contributed by atoms with Gasteiger partial charge in [0.15, 0.2) is 19.7 Å². The molecule has 2 aromatic heterocycles. The Morgan fingerprint density at radius 3 is 1.43 bits per heavy atom. The Balaban J connectivity index is 1.32. The van der Waals surface area contributed by atoms with Crippen molar-refractivity contribution < 1.29 is 0 Å². The second-order valence-corrected chi connectivity index (χ2v) is 17.3. The smallest absolute Gasteiger partial charge is 0.238 e. The summed E-state index contributed by atoms with van der Waals surface area (Å²) in [6.45, 7) is 0. The second-order valence-electron chi connectivity index (χ2n) is 12.6. The van der Waals surface area contributed by atoms with Crippen molar-refractivity contribution in [2.45, 2.75) is 0 Å². The quantitative estimate of drug-likeness (QED) is 0.122. The number of benzene rings is 7. The molecule has 242 valence electrons. The molecule has 2 heterocycles. The van der Waals surface area contributed by atoms with Crippen molar-refractivity contribution in [2.24, 2.45) is 0 Å². The minimum Gasteiger partial charge on any atom is -0.278 e. The number of hydrogen-bond donors (Lipinski definition) is 0. The predicted molar refractivity (Wildman–Crippen MR) is 216 cm³/mol. The molecule has 6 heteroatoms. The third-order valence-electron chi connectivity index (χ3n) is 9.68. The zero-order valence-corrected chi connectivity index (χ0v) is 30.2. The molecule has 0 saturated heterocycles. The molecule has 0 fully saturated rings. The Morgan fingerprint density at radius 2 is 0.843 bits per heavy atom. The van der Waals surface area contributed by atoms with Gasteiger partial charge in [-0.1, -0.05) is 180 Å². The summed E-state index contributed by atoms with van der Waals surface area (Å²) in [6, 6.07) is 66.8. The predicted octanol–water partition coefficient (Wildman–Crippen LogP) is 8.44. The molecular formula is C45H31BrN4Si. The highest BCUT2D eigenvalue weighted by atomic mass is 79.9. The molecule has 0 aliphatic rings. The van der Waals surface area contributed by atoms with E-state index >= 15 is 0 Å². The molecule has 0 saturated carbocycles. The van der Waals surface area contributed by atoms with E-state index in [9.17, 15) is 0 Å².